The summed E-state index contributed by atoms with van der Waals surface area (Å²) in [5, 5.41) is 4.18. The van der Waals surface area contributed by atoms with Crippen molar-refractivity contribution in [1.29, 1.82) is 0 Å². The van der Waals surface area contributed by atoms with Gasteiger partial charge in [-0.05, 0) is 55.8 Å². The molecule has 1 amide bonds. The van der Waals surface area contributed by atoms with Crippen LogP contribution in [0.2, 0.25) is 0 Å². The lowest BCUT2D eigenvalue weighted by atomic mass is 10.1. The van der Waals surface area contributed by atoms with E-state index >= 15 is 0 Å². The van der Waals surface area contributed by atoms with E-state index in [1.807, 2.05) is 13.8 Å². The maximum Gasteiger partial charge on any atom is 0.264 e. The molecule has 0 radical (unpaired) electrons. The van der Waals surface area contributed by atoms with Gasteiger partial charge in [0, 0.05) is 5.56 Å². The van der Waals surface area contributed by atoms with Gasteiger partial charge >= 0.3 is 0 Å². The van der Waals surface area contributed by atoms with Crippen molar-refractivity contribution in [3.63, 3.8) is 0 Å². The van der Waals surface area contributed by atoms with E-state index in [1.165, 1.54) is 44.6 Å². The number of hydrogen-bond acceptors (Lipinski definition) is 6. The molecule has 0 aliphatic carbocycles. The molecule has 36 heavy (non-hydrogen) atoms. The average molecular weight is 514 g/mol. The Balaban J connectivity index is 1.90. The average Bonchev–Trinajstić information content (AvgIpc) is 2.88. The summed E-state index contributed by atoms with van der Waals surface area (Å²) in [7, 11) is -1.21. The Labute approximate surface area is 210 Å². The Bertz CT molecular complexity index is 1360. The molecule has 1 N–H and O–H groups in total. The highest BCUT2D eigenvalue weighted by Gasteiger charge is 2.29. The van der Waals surface area contributed by atoms with Crippen LogP contribution in [0.1, 0.15) is 24.5 Å². The van der Waals surface area contributed by atoms with E-state index in [1.54, 1.807) is 30.3 Å². The number of nitrogens with one attached hydrogen (secondary N) is 1. The normalized spacial score (nSPS) is 11.6. The van der Waals surface area contributed by atoms with Crippen LogP contribution in [0.3, 0.4) is 0 Å². The van der Waals surface area contributed by atoms with Crippen LogP contribution in [0.15, 0.2) is 76.7 Å². The summed E-state index contributed by atoms with van der Waals surface area (Å²) in [4.78, 5) is 12.8. The minimum atomic E-state index is -4.25. The summed E-state index contributed by atoms with van der Waals surface area (Å²) >= 11 is 0. The molecule has 190 valence electrons. The number of hydrogen-bond donors (Lipinski definition) is 1. The lowest BCUT2D eigenvalue weighted by Gasteiger charge is -2.24. The molecule has 0 spiro atoms. The summed E-state index contributed by atoms with van der Waals surface area (Å²) in [6, 6.07) is 16.7. The molecule has 3 aromatic carbocycles. The van der Waals surface area contributed by atoms with Gasteiger partial charge in [-0.3, -0.25) is 9.10 Å². The zero-order chi connectivity index (χ0) is 26.3. The number of methoxy groups -OCH3 is 2. The SMILES string of the molecule is CC/C(=N/NC(=O)CN(c1ccccc1F)S(=O)(=O)c1ccc(C)cc1)c1ccc(OC)c(OC)c1. The van der Waals surface area contributed by atoms with Crippen molar-refractivity contribution >= 4 is 27.3 Å². The highest BCUT2D eigenvalue weighted by atomic mass is 32.2. The molecular weight excluding hydrogens is 485 g/mol. The number of rotatable bonds is 10. The molecule has 10 heteroatoms. The molecule has 0 saturated carbocycles. The molecule has 0 heterocycles. The van der Waals surface area contributed by atoms with Crippen LogP contribution in [0.25, 0.3) is 0 Å². The van der Waals surface area contributed by atoms with Crippen molar-refractivity contribution in [3.05, 3.63) is 83.7 Å². The maximum atomic E-state index is 14.6. The third kappa shape index (κ3) is 6.01. The second kappa shape index (κ2) is 11.7. The molecule has 0 bridgehead atoms. The highest BCUT2D eigenvalue weighted by Crippen LogP contribution is 2.28. The van der Waals surface area contributed by atoms with Gasteiger partial charge in [0.2, 0.25) is 0 Å². The van der Waals surface area contributed by atoms with Crippen LogP contribution < -0.4 is 19.2 Å². The number of hydrazone groups is 1. The number of benzene rings is 3. The smallest absolute Gasteiger partial charge is 0.264 e. The molecule has 3 rings (SSSR count). The van der Waals surface area contributed by atoms with E-state index in [0.29, 0.717) is 29.2 Å². The molecule has 0 fully saturated rings. The highest BCUT2D eigenvalue weighted by molar-refractivity contribution is 7.92. The number of aryl methyl sites for hydroxylation is 1. The zero-order valence-electron chi connectivity index (χ0n) is 20.5. The fraction of sp³-hybridized carbons (Fsp3) is 0.231. The van der Waals surface area contributed by atoms with Crippen molar-refractivity contribution in [2.45, 2.75) is 25.2 Å². The number of amides is 1. The first-order valence-electron chi connectivity index (χ1n) is 11.1. The zero-order valence-corrected chi connectivity index (χ0v) is 21.3. The Kier molecular flexibility index (Phi) is 8.65. The monoisotopic (exact) mass is 513 g/mol. The summed E-state index contributed by atoms with van der Waals surface area (Å²) in [5.74, 6) is -0.468. The first-order valence-corrected chi connectivity index (χ1v) is 12.6. The van der Waals surface area contributed by atoms with Gasteiger partial charge in [0.25, 0.3) is 15.9 Å². The number of para-hydroxylation sites is 1. The van der Waals surface area contributed by atoms with Crippen molar-refractivity contribution in [1.82, 2.24) is 5.43 Å². The summed E-state index contributed by atoms with van der Waals surface area (Å²) in [5.41, 5.74) is 4.24. The number of carbonyl (C=O) groups excluding carboxylic acids is 1. The van der Waals surface area contributed by atoms with Crippen LogP contribution in [-0.4, -0.2) is 40.8 Å². The first kappa shape index (κ1) is 26.7. The van der Waals surface area contributed by atoms with E-state index in [4.69, 9.17) is 9.47 Å². The molecule has 0 atom stereocenters. The minimum Gasteiger partial charge on any atom is -0.493 e. The van der Waals surface area contributed by atoms with Crippen LogP contribution in [0.4, 0.5) is 10.1 Å². The third-order valence-corrected chi connectivity index (χ3v) is 7.16. The van der Waals surface area contributed by atoms with E-state index in [9.17, 15) is 17.6 Å². The number of ether oxygens (including phenoxy) is 2. The number of carbonyl (C=O) groups is 1. The van der Waals surface area contributed by atoms with Crippen LogP contribution in [-0.2, 0) is 14.8 Å². The second-order valence-corrected chi connectivity index (χ2v) is 9.66. The van der Waals surface area contributed by atoms with Gasteiger partial charge in [-0.25, -0.2) is 18.2 Å². The topological polar surface area (TPSA) is 97.3 Å². The van der Waals surface area contributed by atoms with Crippen molar-refractivity contribution in [3.8, 4) is 11.5 Å². The van der Waals surface area contributed by atoms with Crippen LogP contribution in [0.5, 0.6) is 11.5 Å². The fourth-order valence-corrected chi connectivity index (χ4v) is 4.88. The van der Waals surface area contributed by atoms with Gasteiger partial charge < -0.3 is 9.47 Å². The number of anilines is 1. The van der Waals surface area contributed by atoms with Crippen LogP contribution >= 0.6 is 0 Å². The van der Waals surface area contributed by atoms with Crippen molar-refractivity contribution in [2.24, 2.45) is 5.10 Å². The maximum absolute atomic E-state index is 14.6. The molecule has 3 aromatic rings. The first-order chi connectivity index (χ1) is 17.2. The van der Waals surface area contributed by atoms with Gasteiger partial charge in [0.1, 0.15) is 12.4 Å². The van der Waals surface area contributed by atoms with Gasteiger partial charge in [-0.15, -0.1) is 0 Å². The quantitative estimate of drug-likeness (QED) is 0.322. The minimum absolute atomic E-state index is 0.0628. The molecule has 0 saturated heterocycles. The predicted molar refractivity (Wildman–Crippen MR) is 137 cm³/mol. The lowest BCUT2D eigenvalue weighted by molar-refractivity contribution is -0.119. The van der Waals surface area contributed by atoms with Gasteiger partial charge in [-0.2, -0.15) is 5.10 Å². The lowest BCUT2D eigenvalue weighted by Crippen LogP contribution is -2.40. The second-order valence-electron chi connectivity index (χ2n) is 7.79. The number of nitrogens with zero attached hydrogens (tertiary/aromatic N) is 2. The summed E-state index contributed by atoms with van der Waals surface area (Å²) in [6.45, 7) is 3.00. The predicted octanol–water partition coefficient (Wildman–Crippen LogP) is 4.28. The van der Waals surface area contributed by atoms with Crippen molar-refractivity contribution in [2.75, 3.05) is 25.1 Å². The summed E-state index contributed by atoms with van der Waals surface area (Å²) in [6.07, 6.45) is 0.467. The van der Waals surface area contributed by atoms with Gasteiger partial charge in [-0.1, -0.05) is 36.8 Å². The van der Waals surface area contributed by atoms with E-state index in [-0.39, 0.29) is 10.6 Å². The van der Waals surface area contributed by atoms with E-state index in [2.05, 4.69) is 10.5 Å². The van der Waals surface area contributed by atoms with E-state index in [0.717, 1.165) is 15.9 Å². The van der Waals surface area contributed by atoms with E-state index < -0.39 is 28.3 Å². The van der Waals surface area contributed by atoms with Crippen molar-refractivity contribution < 1.29 is 27.1 Å². The fourth-order valence-electron chi connectivity index (χ4n) is 3.45. The molecule has 0 aromatic heterocycles. The largest absolute Gasteiger partial charge is 0.493 e. The molecule has 0 aliphatic rings. The standard InChI is InChI=1S/C26H28FN3O5S/c1-5-22(19-12-15-24(34-3)25(16-19)35-4)28-29-26(31)17-30(23-9-7-6-8-21(23)27)36(32,33)20-13-10-18(2)11-14-20/h6-16H,5,17H2,1-4H3,(H,29,31)/b28-22-. The Morgan fingerprint density at radius 3 is 2.28 bits per heavy atom. The Hall–Kier alpha value is -3.92. The molecular formula is C26H28FN3O5S. The Morgan fingerprint density at radius 1 is 1.00 bits per heavy atom. The van der Waals surface area contributed by atoms with Gasteiger partial charge in [0.05, 0.1) is 30.5 Å². The molecule has 0 unspecified atom stereocenters. The molecule has 8 nitrogen and oxygen atoms in total. The molecule has 0 aliphatic heterocycles. The van der Waals surface area contributed by atoms with Gasteiger partial charge in [0.15, 0.2) is 11.5 Å². The Morgan fingerprint density at radius 2 is 1.67 bits per heavy atom. The number of halogens is 1. The number of sulfonamides is 1. The van der Waals surface area contributed by atoms with Crippen LogP contribution in [0, 0.1) is 12.7 Å². The third-order valence-electron chi connectivity index (χ3n) is 5.38. The summed E-state index contributed by atoms with van der Waals surface area (Å²) < 4.78 is 52.7.